The molecule has 0 aliphatic heterocycles. The number of rotatable bonds is 3. The quantitative estimate of drug-likeness (QED) is 0.720. The van der Waals surface area contributed by atoms with E-state index in [0.29, 0.717) is 0 Å². The number of terminal acetylenes is 1. The predicted molar refractivity (Wildman–Crippen MR) is 70.5 cm³/mol. The molecule has 0 radical (unpaired) electrons. The third kappa shape index (κ3) is 2.38. The largest absolute Gasteiger partial charge is 0.364 e. The SMILES string of the molecule is C#CC(OC)c1ccccc1-c1ccccc1. The van der Waals surface area contributed by atoms with Crippen molar-refractivity contribution in [1.82, 2.24) is 0 Å². The summed E-state index contributed by atoms with van der Waals surface area (Å²) in [5.41, 5.74) is 3.31. The summed E-state index contributed by atoms with van der Waals surface area (Å²) in [7, 11) is 1.63. The first-order chi connectivity index (χ1) is 8.36. The van der Waals surface area contributed by atoms with Gasteiger partial charge in [0.1, 0.15) is 6.10 Å². The normalized spacial score (nSPS) is 11.8. The molecular formula is C16H14O. The molecule has 2 aromatic rings. The smallest absolute Gasteiger partial charge is 0.143 e. The van der Waals surface area contributed by atoms with Gasteiger partial charge in [-0.05, 0) is 11.1 Å². The summed E-state index contributed by atoms with van der Waals surface area (Å²) < 4.78 is 5.31. The fourth-order valence-electron chi connectivity index (χ4n) is 1.89. The number of ether oxygens (including phenoxy) is 1. The molecule has 0 saturated heterocycles. The van der Waals surface area contributed by atoms with Gasteiger partial charge in [0.05, 0.1) is 0 Å². The Morgan fingerprint density at radius 3 is 2.29 bits per heavy atom. The van der Waals surface area contributed by atoms with E-state index in [1.54, 1.807) is 7.11 Å². The fraction of sp³-hybridized carbons (Fsp3) is 0.125. The first-order valence-corrected chi connectivity index (χ1v) is 5.50. The Balaban J connectivity index is 2.52. The van der Waals surface area contributed by atoms with E-state index in [9.17, 15) is 0 Å². The van der Waals surface area contributed by atoms with Crippen LogP contribution in [0, 0.1) is 12.3 Å². The van der Waals surface area contributed by atoms with E-state index in [2.05, 4.69) is 24.1 Å². The zero-order valence-corrected chi connectivity index (χ0v) is 9.76. The lowest BCUT2D eigenvalue weighted by Gasteiger charge is -2.14. The van der Waals surface area contributed by atoms with Crippen LogP contribution in [0.2, 0.25) is 0 Å². The van der Waals surface area contributed by atoms with Crippen LogP contribution in [-0.2, 0) is 4.74 Å². The van der Waals surface area contributed by atoms with Crippen LogP contribution in [-0.4, -0.2) is 7.11 Å². The lowest BCUT2D eigenvalue weighted by molar-refractivity contribution is 0.151. The van der Waals surface area contributed by atoms with Crippen LogP contribution in [0.15, 0.2) is 54.6 Å². The monoisotopic (exact) mass is 222 g/mol. The lowest BCUT2D eigenvalue weighted by Crippen LogP contribution is -2.00. The Labute approximate surface area is 102 Å². The van der Waals surface area contributed by atoms with Crippen LogP contribution in [0.5, 0.6) is 0 Å². The molecule has 0 amide bonds. The van der Waals surface area contributed by atoms with E-state index >= 15 is 0 Å². The van der Waals surface area contributed by atoms with Gasteiger partial charge in [-0.1, -0.05) is 60.5 Å². The highest BCUT2D eigenvalue weighted by molar-refractivity contribution is 5.68. The van der Waals surface area contributed by atoms with Crippen molar-refractivity contribution >= 4 is 0 Å². The molecule has 0 fully saturated rings. The van der Waals surface area contributed by atoms with Gasteiger partial charge < -0.3 is 4.74 Å². The zero-order chi connectivity index (χ0) is 12.1. The van der Waals surface area contributed by atoms with Gasteiger partial charge in [-0.2, -0.15) is 0 Å². The Kier molecular flexibility index (Phi) is 3.59. The van der Waals surface area contributed by atoms with Gasteiger partial charge in [-0.15, -0.1) is 6.42 Å². The molecule has 0 aromatic heterocycles. The molecule has 0 N–H and O–H groups in total. The Morgan fingerprint density at radius 2 is 1.65 bits per heavy atom. The van der Waals surface area contributed by atoms with E-state index < -0.39 is 0 Å². The summed E-state index contributed by atoms with van der Waals surface area (Å²) in [4.78, 5) is 0. The van der Waals surface area contributed by atoms with E-state index in [1.165, 1.54) is 0 Å². The molecule has 2 aromatic carbocycles. The maximum atomic E-state index is 5.49. The Hall–Kier alpha value is -2.04. The highest BCUT2D eigenvalue weighted by Crippen LogP contribution is 2.29. The number of hydrogen-bond acceptors (Lipinski definition) is 1. The lowest BCUT2D eigenvalue weighted by atomic mass is 9.96. The molecule has 0 heterocycles. The molecule has 84 valence electrons. The molecule has 0 aliphatic carbocycles. The predicted octanol–water partition coefficient (Wildman–Crippen LogP) is 3.67. The van der Waals surface area contributed by atoms with Crippen molar-refractivity contribution < 1.29 is 4.74 Å². The molecule has 0 aliphatic rings. The van der Waals surface area contributed by atoms with E-state index in [0.717, 1.165) is 16.7 Å². The molecule has 0 bridgehead atoms. The minimum Gasteiger partial charge on any atom is -0.364 e. The van der Waals surface area contributed by atoms with Crippen molar-refractivity contribution in [2.45, 2.75) is 6.10 Å². The first kappa shape index (κ1) is 11.4. The van der Waals surface area contributed by atoms with Crippen LogP contribution in [0.3, 0.4) is 0 Å². The third-order valence-electron chi connectivity index (χ3n) is 2.72. The van der Waals surface area contributed by atoms with E-state index in [1.807, 2.05) is 36.4 Å². The molecule has 0 saturated carbocycles. The van der Waals surface area contributed by atoms with Crippen molar-refractivity contribution in [3.63, 3.8) is 0 Å². The van der Waals surface area contributed by atoms with Crippen LogP contribution in [0.1, 0.15) is 11.7 Å². The standard InChI is InChI=1S/C16H14O/c1-3-16(17-2)15-12-8-7-11-14(15)13-9-5-4-6-10-13/h1,4-12,16H,2H3. The number of methoxy groups -OCH3 is 1. The number of hydrogen-bond donors (Lipinski definition) is 0. The van der Waals surface area contributed by atoms with Gasteiger partial charge in [0.15, 0.2) is 0 Å². The van der Waals surface area contributed by atoms with Gasteiger partial charge in [0.25, 0.3) is 0 Å². The second kappa shape index (κ2) is 5.34. The van der Waals surface area contributed by atoms with Crippen molar-refractivity contribution in [3.8, 4) is 23.5 Å². The maximum absolute atomic E-state index is 5.49. The van der Waals surface area contributed by atoms with Crippen LogP contribution in [0.4, 0.5) is 0 Å². The third-order valence-corrected chi connectivity index (χ3v) is 2.72. The topological polar surface area (TPSA) is 9.23 Å². The van der Waals surface area contributed by atoms with E-state index in [4.69, 9.17) is 11.2 Å². The van der Waals surface area contributed by atoms with Crippen molar-refractivity contribution in [2.24, 2.45) is 0 Å². The number of benzene rings is 2. The Morgan fingerprint density at radius 1 is 1.00 bits per heavy atom. The molecule has 0 spiro atoms. The van der Waals surface area contributed by atoms with Gasteiger partial charge in [0.2, 0.25) is 0 Å². The average molecular weight is 222 g/mol. The van der Waals surface area contributed by atoms with Crippen molar-refractivity contribution in [1.29, 1.82) is 0 Å². The van der Waals surface area contributed by atoms with Crippen LogP contribution in [0.25, 0.3) is 11.1 Å². The van der Waals surface area contributed by atoms with Gasteiger partial charge in [-0.3, -0.25) is 0 Å². The van der Waals surface area contributed by atoms with E-state index in [-0.39, 0.29) is 6.10 Å². The molecule has 17 heavy (non-hydrogen) atoms. The first-order valence-electron chi connectivity index (χ1n) is 5.50. The average Bonchev–Trinajstić information content (AvgIpc) is 2.42. The van der Waals surface area contributed by atoms with Gasteiger partial charge >= 0.3 is 0 Å². The van der Waals surface area contributed by atoms with Crippen molar-refractivity contribution in [3.05, 3.63) is 60.2 Å². The fourth-order valence-corrected chi connectivity index (χ4v) is 1.89. The Bertz CT molecular complexity index is 523. The molecule has 1 atom stereocenters. The molecule has 2 rings (SSSR count). The summed E-state index contributed by atoms with van der Waals surface area (Å²) in [6.45, 7) is 0. The van der Waals surface area contributed by atoms with Crippen LogP contribution < -0.4 is 0 Å². The summed E-state index contributed by atoms with van der Waals surface area (Å²) >= 11 is 0. The highest BCUT2D eigenvalue weighted by atomic mass is 16.5. The molecule has 1 nitrogen and oxygen atoms in total. The van der Waals surface area contributed by atoms with Crippen LogP contribution >= 0.6 is 0 Å². The maximum Gasteiger partial charge on any atom is 0.143 e. The summed E-state index contributed by atoms with van der Waals surface area (Å²) in [5.74, 6) is 2.66. The minimum atomic E-state index is -0.300. The second-order valence-corrected chi connectivity index (χ2v) is 3.74. The van der Waals surface area contributed by atoms with Gasteiger partial charge in [-0.25, -0.2) is 0 Å². The minimum absolute atomic E-state index is 0.300. The zero-order valence-electron chi connectivity index (χ0n) is 9.76. The molecule has 1 heteroatoms. The van der Waals surface area contributed by atoms with Crippen molar-refractivity contribution in [2.75, 3.05) is 7.11 Å². The highest BCUT2D eigenvalue weighted by Gasteiger charge is 2.12. The second-order valence-electron chi connectivity index (χ2n) is 3.74. The molecule has 1 unspecified atom stereocenters. The van der Waals surface area contributed by atoms with Gasteiger partial charge in [0, 0.05) is 12.7 Å². The molecular weight excluding hydrogens is 208 g/mol. The summed E-state index contributed by atoms with van der Waals surface area (Å²) in [6, 6.07) is 18.2. The summed E-state index contributed by atoms with van der Waals surface area (Å²) in [6.07, 6.45) is 5.19. The summed E-state index contributed by atoms with van der Waals surface area (Å²) in [5, 5.41) is 0.